The standard InChI is InChI=1S/C17H18F3NO2.ClH/c1-11-3-4-12(2)14(9-11)13-5-6-15(23-17(18,19)20)16(10-13)22-8-7-21;/h3-6,9-10H,7-8,21H2,1-2H3;1H. The van der Waals surface area contributed by atoms with Crippen molar-refractivity contribution in [1.29, 1.82) is 0 Å². The van der Waals surface area contributed by atoms with Crippen molar-refractivity contribution in [3.05, 3.63) is 47.5 Å². The molecule has 0 saturated heterocycles. The Bertz CT molecular complexity index is 690. The van der Waals surface area contributed by atoms with Gasteiger partial charge < -0.3 is 15.2 Å². The van der Waals surface area contributed by atoms with E-state index >= 15 is 0 Å². The van der Waals surface area contributed by atoms with Gasteiger partial charge in [0.2, 0.25) is 0 Å². The minimum atomic E-state index is -4.78. The topological polar surface area (TPSA) is 44.5 Å². The Balaban J connectivity index is 0.00000288. The number of rotatable bonds is 5. The lowest BCUT2D eigenvalue weighted by molar-refractivity contribution is -0.275. The SMILES string of the molecule is Cc1ccc(C)c(-c2ccc(OC(F)(F)F)c(OCCN)c2)c1.Cl. The number of hydrogen-bond acceptors (Lipinski definition) is 3. The number of ether oxygens (including phenoxy) is 2. The first-order chi connectivity index (χ1) is 10.8. The molecular weight excluding hydrogens is 343 g/mol. The second-order valence-corrected chi connectivity index (χ2v) is 5.16. The molecule has 0 aliphatic rings. The van der Waals surface area contributed by atoms with E-state index < -0.39 is 6.36 Å². The Kier molecular flexibility index (Phi) is 6.93. The maximum absolute atomic E-state index is 12.5. The molecular formula is C17H19ClF3NO2. The first-order valence-corrected chi connectivity index (χ1v) is 7.10. The fraction of sp³-hybridized carbons (Fsp3) is 0.294. The first kappa shape index (κ1) is 20.1. The van der Waals surface area contributed by atoms with Crippen molar-refractivity contribution in [2.45, 2.75) is 20.2 Å². The molecule has 24 heavy (non-hydrogen) atoms. The smallest absolute Gasteiger partial charge is 0.488 e. The molecule has 2 N–H and O–H groups in total. The monoisotopic (exact) mass is 361 g/mol. The number of hydrogen-bond donors (Lipinski definition) is 1. The van der Waals surface area contributed by atoms with E-state index in [9.17, 15) is 13.2 Å². The minimum absolute atomic E-state index is 0. The van der Waals surface area contributed by atoms with E-state index in [0.29, 0.717) is 0 Å². The minimum Gasteiger partial charge on any atom is -0.488 e. The summed E-state index contributed by atoms with van der Waals surface area (Å²) in [5, 5.41) is 0. The van der Waals surface area contributed by atoms with Crippen LogP contribution in [-0.2, 0) is 0 Å². The van der Waals surface area contributed by atoms with Gasteiger partial charge in [-0.1, -0.05) is 29.8 Å². The summed E-state index contributed by atoms with van der Waals surface area (Å²) < 4.78 is 46.8. The van der Waals surface area contributed by atoms with Gasteiger partial charge in [0.05, 0.1) is 0 Å². The summed E-state index contributed by atoms with van der Waals surface area (Å²) in [5.41, 5.74) is 9.13. The normalized spacial score (nSPS) is 10.9. The Hall–Kier alpha value is -1.92. The molecule has 0 bridgehead atoms. The Morgan fingerprint density at radius 2 is 1.71 bits per heavy atom. The second-order valence-electron chi connectivity index (χ2n) is 5.16. The Morgan fingerprint density at radius 1 is 1.00 bits per heavy atom. The molecule has 7 heteroatoms. The highest BCUT2D eigenvalue weighted by Crippen LogP contribution is 2.37. The zero-order valence-corrected chi connectivity index (χ0v) is 14.1. The van der Waals surface area contributed by atoms with Crippen molar-refractivity contribution in [1.82, 2.24) is 0 Å². The van der Waals surface area contributed by atoms with Crippen LogP contribution in [-0.4, -0.2) is 19.5 Å². The van der Waals surface area contributed by atoms with Gasteiger partial charge in [0.15, 0.2) is 11.5 Å². The van der Waals surface area contributed by atoms with Gasteiger partial charge in [-0.15, -0.1) is 25.6 Å². The number of aryl methyl sites for hydroxylation is 2. The highest BCUT2D eigenvalue weighted by Gasteiger charge is 2.32. The summed E-state index contributed by atoms with van der Waals surface area (Å²) in [4.78, 5) is 0. The van der Waals surface area contributed by atoms with Crippen LogP contribution in [0.1, 0.15) is 11.1 Å². The van der Waals surface area contributed by atoms with E-state index in [1.54, 1.807) is 12.1 Å². The maximum Gasteiger partial charge on any atom is 0.573 e. The zero-order valence-electron chi connectivity index (χ0n) is 13.3. The van der Waals surface area contributed by atoms with Crippen molar-refractivity contribution in [3.63, 3.8) is 0 Å². The predicted octanol–water partition coefficient (Wildman–Crippen LogP) is 4.63. The maximum atomic E-state index is 12.5. The van der Waals surface area contributed by atoms with Gasteiger partial charge in [0.25, 0.3) is 0 Å². The molecule has 0 amide bonds. The molecule has 0 aromatic heterocycles. The van der Waals surface area contributed by atoms with Crippen LogP contribution in [0.5, 0.6) is 11.5 Å². The van der Waals surface area contributed by atoms with E-state index in [0.717, 1.165) is 22.3 Å². The van der Waals surface area contributed by atoms with Gasteiger partial charge >= 0.3 is 6.36 Å². The highest BCUT2D eigenvalue weighted by molar-refractivity contribution is 5.85. The second kappa shape index (κ2) is 8.26. The van der Waals surface area contributed by atoms with Gasteiger partial charge in [0, 0.05) is 6.54 Å². The molecule has 0 atom stereocenters. The third-order valence-electron chi connectivity index (χ3n) is 3.25. The summed E-state index contributed by atoms with van der Waals surface area (Å²) in [6, 6.07) is 10.3. The van der Waals surface area contributed by atoms with Gasteiger partial charge in [-0.05, 0) is 42.7 Å². The third-order valence-corrected chi connectivity index (χ3v) is 3.25. The lowest BCUT2D eigenvalue weighted by atomic mass is 9.98. The van der Waals surface area contributed by atoms with Crippen LogP contribution in [0.25, 0.3) is 11.1 Å². The van der Waals surface area contributed by atoms with Crippen LogP contribution in [0.2, 0.25) is 0 Å². The van der Waals surface area contributed by atoms with E-state index in [-0.39, 0.29) is 37.1 Å². The molecule has 0 unspecified atom stereocenters. The van der Waals surface area contributed by atoms with Gasteiger partial charge in [-0.25, -0.2) is 0 Å². The van der Waals surface area contributed by atoms with Crippen molar-refractivity contribution in [2.75, 3.05) is 13.2 Å². The Morgan fingerprint density at radius 3 is 2.33 bits per heavy atom. The molecule has 0 fully saturated rings. The van der Waals surface area contributed by atoms with Crippen molar-refractivity contribution in [3.8, 4) is 22.6 Å². The van der Waals surface area contributed by atoms with Crippen LogP contribution in [0.3, 0.4) is 0 Å². The highest BCUT2D eigenvalue weighted by atomic mass is 35.5. The predicted molar refractivity (Wildman–Crippen MR) is 89.8 cm³/mol. The third kappa shape index (κ3) is 5.32. The van der Waals surface area contributed by atoms with Crippen LogP contribution < -0.4 is 15.2 Å². The average molecular weight is 362 g/mol. The summed E-state index contributed by atoms with van der Waals surface area (Å²) in [7, 11) is 0. The van der Waals surface area contributed by atoms with E-state index in [4.69, 9.17) is 10.5 Å². The molecule has 2 rings (SSSR count). The van der Waals surface area contributed by atoms with Crippen molar-refractivity contribution >= 4 is 12.4 Å². The van der Waals surface area contributed by atoms with Crippen LogP contribution in [0.4, 0.5) is 13.2 Å². The summed E-state index contributed by atoms with van der Waals surface area (Å²) in [5.74, 6) is -0.355. The molecule has 0 saturated carbocycles. The fourth-order valence-corrected chi connectivity index (χ4v) is 2.21. The molecule has 3 nitrogen and oxygen atoms in total. The molecule has 0 aliphatic carbocycles. The molecule has 2 aromatic carbocycles. The fourth-order valence-electron chi connectivity index (χ4n) is 2.21. The lowest BCUT2D eigenvalue weighted by Crippen LogP contribution is -2.18. The first-order valence-electron chi connectivity index (χ1n) is 7.10. The molecule has 0 aliphatic heterocycles. The van der Waals surface area contributed by atoms with Crippen LogP contribution in [0.15, 0.2) is 36.4 Å². The number of alkyl halides is 3. The van der Waals surface area contributed by atoms with Gasteiger partial charge in [0.1, 0.15) is 6.61 Å². The number of benzene rings is 2. The molecule has 132 valence electrons. The van der Waals surface area contributed by atoms with E-state index in [2.05, 4.69) is 4.74 Å². The number of nitrogens with two attached hydrogens (primary N) is 1. The van der Waals surface area contributed by atoms with Crippen molar-refractivity contribution < 1.29 is 22.6 Å². The summed E-state index contributed by atoms with van der Waals surface area (Å²) in [6.07, 6.45) is -4.78. The molecule has 2 aromatic rings. The quantitative estimate of drug-likeness (QED) is 0.844. The van der Waals surface area contributed by atoms with Crippen LogP contribution in [0, 0.1) is 13.8 Å². The van der Waals surface area contributed by atoms with E-state index in [1.807, 2.05) is 32.0 Å². The molecule has 0 spiro atoms. The largest absolute Gasteiger partial charge is 0.573 e. The number of halogens is 4. The summed E-state index contributed by atoms with van der Waals surface area (Å²) >= 11 is 0. The summed E-state index contributed by atoms with van der Waals surface area (Å²) in [6.45, 7) is 4.19. The lowest BCUT2D eigenvalue weighted by Gasteiger charge is -2.16. The average Bonchev–Trinajstić information content (AvgIpc) is 2.47. The van der Waals surface area contributed by atoms with Crippen LogP contribution >= 0.6 is 12.4 Å². The molecule has 0 heterocycles. The Labute approximate surface area is 145 Å². The zero-order chi connectivity index (χ0) is 17.0. The van der Waals surface area contributed by atoms with Gasteiger partial charge in [-0.3, -0.25) is 0 Å². The van der Waals surface area contributed by atoms with Gasteiger partial charge in [-0.2, -0.15) is 0 Å². The van der Waals surface area contributed by atoms with E-state index in [1.165, 1.54) is 6.07 Å². The van der Waals surface area contributed by atoms with Crippen molar-refractivity contribution in [2.24, 2.45) is 5.73 Å². The molecule has 0 radical (unpaired) electrons.